The molecule has 0 saturated heterocycles. The number of rotatable bonds is 5. The lowest BCUT2D eigenvalue weighted by molar-refractivity contribution is 0.486. The van der Waals surface area contributed by atoms with Crippen molar-refractivity contribution in [2.45, 2.75) is 38.1 Å². The maximum absolute atomic E-state index is 12.6. The first-order valence-electron chi connectivity index (χ1n) is 9.99. The molecule has 0 aliphatic carbocycles. The molecule has 1 N–H and O–H groups in total. The first-order valence-corrected chi connectivity index (χ1v) is 11.4. The molecule has 2 aromatic heterocycles. The maximum atomic E-state index is 12.6. The molecular weight excluding hydrogens is 410 g/mol. The van der Waals surface area contributed by atoms with Gasteiger partial charge in [0.15, 0.2) is 0 Å². The molecule has 0 atom stereocenters. The van der Waals surface area contributed by atoms with E-state index in [9.17, 15) is 8.42 Å². The van der Waals surface area contributed by atoms with Crippen molar-refractivity contribution in [3.63, 3.8) is 0 Å². The van der Waals surface area contributed by atoms with Crippen molar-refractivity contribution >= 4 is 21.6 Å². The fourth-order valence-corrected chi connectivity index (χ4v) is 4.22. The number of aryl methyl sites for hydroxylation is 1. The molecule has 0 unspecified atom stereocenters. The van der Waals surface area contributed by atoms with E-state index in [1.165, 1.54) is 12.1 Å². The van der Waals surface area contributed by atoms with Crippen molar-refractivity contribution in [2.75, 3.05) is 5.32 Å². The molecule has 0 amide bonds. The van der Waals surface area contributed by atoms with Gasteiger partial charge in [0, 0.05) is 17.3 Å². The number of pyridine rings is 1. The topological polar surface area (TPSA) is 72.7 Å². The number of hydrogen-bond donors (Lipinski definition) is 1. The van der Waals surface area contributed by atoms with Gasteiger partial charge in [0.1, 0.15) is 27.8 Å². The smallest absolute Gasteiger partial charge is 0.339 e. The molecule has 160 valence electrons. The second kappa shape index (κ2) is 7.74. The standard InChI is InChI=1S/C24H25N3O3S/c1-17-13-14-27-21(15-17)25-22(23(27)26-24(2,3)4)18-9-8-10-19(16-18)30-31(28,29)20-11-6-5-7-12-20/h5-16,26H,1-4H3. The van der Waals surface area contributed by atoms with Gasteiger partial charge in [-0.1, -0.05) is 30.3 Å². The average Bonchev–Trinajstić information content (AvgIpc) is 3.04. The Bertz CT molecular complexity index is 1340. The SMILES string of the molecule is Cc1ccn2c(NC(C)(C)C)c(-c3cccc(OS(=O)(=O)c4ccccc4)c3)nc2c1. The van der Waals surface area contributed by atoms with Gasteiger partial charge in [0.2, 0.25) is 0 Å². The van der Waals surface area contributed by atoms with Crippen molar-refractivity contribution < 1.29 is 12.6 Å². The van der Waals surface area contributed by atoms with Crippen molar-refractivity contribution in [2.24, 2.45) is 0 Å². The summed E-state index contributed by atoms with van der Waals surface area (Å²) in [5.41, 5.74) is 3.21. The zero-order valence-corrected chi connectivity index (χ0v) is 18.8. The summed E-state index contributed by atoms with van der Waals surface area (Å²) in [6.45, 7) is 8.26. The van der Waals surface area contributed by atoms with Crippen LogP contribution in [-0.4, -0.2) is 23.3 Å². The predicted octanol–water partition coefficient (Wildman–Crippen LogP) is 5.29. The monoisotopic (exact) mass is 435 g/mol. The molecular formula is C24H25N3O3S. The Kier molecular flexibility index (Phi) is 5.23. The molecule has 0 aliphatic heterocycles. The van der Waals surface area contributed by atoms with Crippen LogP contribution in [0.25, 0.3) is 16.9 Å². The lowest BCUT2D eigenvalue weighted by Crippen LogP contribution is -2.27. The third-order valence-electron chi connectivity index (χ3n) is 4.62. The molecule has 2 aromatic carbocycles. The highest BCUT2D eigenvalue weighted by molar-refractivity contribution is 7.87. The van der Waals surface area contributed by atoms with Crippen LogP contribution in [0.3, 0.4) is 0 Å². The second-order valence-electron chi connectivity index (χ2n) is 8.49. The minimum absolute atomic E-state index is 0.110. The number of benzene rings is 2. The number of imidazole rings is 1. The van der Waals surface area contributed by atoms with Crippen molar-refractivity contribution in [1.82, 2.24) is 9.38 Å². The fraction of sp³-hybridized carbons (Fsp3) is 0.208. The highest BCUT2D eigenvalue weighted by Gasteiger charge is 2.21. The number of nitrogens with one attached hydrogen (secondary N) is 1. The van der Waals surface area contributed by atoms with Crippen LogP contribution in [0.4, 0.5) is 5.82 Å². The maximum Gasteiger partial charge on any atom is 0.339 e. The quantitative estimate of drug-likeness (QED) is 0.431. The molecule has 0 radical (unpaired) electrons. The molecule has 0 saturated carbocycles. The van der Waals surface area contributed by atoms with Crippen molar-refractivity contribution in [1.29, 1.82) is 0 Å². The van der Waals surface area contributed by atoms with E-state index < -0.39 is 10.1 Å². The number of aromatic nitrogens is 2. The molecule has 0 fully saturated rings. The first kappa shape index (κ1) is 20.9. The highest BCUT2D eigenvalue weighted by Crippen LogP contribution is 2.33. The van der Waals surface area contributed by atoms with Gasteiger partial charge in [-0.25, -0.2) is 4.98 Å². The Balaban J connectivity index is 1.78. The summed E-state index contributed by atoms with van der Waals surface area (Å²) >= 11 is 0. The minimum Gasteiger partial charge on any atom is -0.379 e. The second-order valence-corrected chi connectivity index (χ2v) is 10.0. The van der Waals surface area contributed by atoms with Crippen LogP contribution >= 0.6 is 0 Å². The van der Waals surface area contributed by atoms with E-state index in [1.54, 1.807) is 36.4 Å². The normalized spacial score (nSPS) is 12.1. The van der Waals surface area contributed by atoms with Crippen LogP contribution < -0.4 is 9.50 Å². The summed E-state index contributed by atoms with van der Waals surface area (Å²) in [6, 6.07) is 19.1. The van der Waals surface area contributed by atoms with Gasteiger partial charge in [-0.3, -0.25) is 4.40 Å². The van der Waals surface area contributed by atoms with Gasteiger partial charge < -0.3 is 9.50 Å². The van der Waals surface area contributed by atoms with Crippen molar-refractivity contribution in [3.8, 4) is 17.0 Å². The Morgan fingerprint density at radius 2 is 1.71 bits per heavy atom. The molecule has 6 nitrogen and oxygen atoms in total. The Hall–Kier alpha value is -3.32. The fourth-order valence-electron chi connectivity index (χ4n) is 3.28. The lowest BCUT2D eigenvalue weighted by Gasteiger charge is -2.22. The molecule has 4 rings (SSSR count). The van der Waals surface area contributed by atoms with Crippen LogP contribution in [0.15, 0.2) is 77.8 Å². The van der Waals surface area contributed by atoms with Crippen LogP contribution in [0.5, 0.6) is 5.75 Å². The zero-order chi connectivity index (χ0) is 22.2. The largest absolute Gasteiger partial charge is 0.379 e. The van der Waals surface area contributed by atoms with E-state index in [4.69, 9.17) is 9.17 Å². The van der Waals surface area contributed by atoms with Gasteiger partial charge in [-0.2, -0.15) is 8.42 Å². The number of nitrogens with zero attached hydrogens (tertiary/aromatic N) is 2. The molecule has 4 aromatic rings. The van der Waals surface area contributed by atoms with E-state index in [-0.39, 0.29) is 16.2 Å². The summed E-state index contributed by atoms with van der Waals surface area (Å²) < 4.78 is 32.7. The number of fused-ring (bicyclic) bond motifs is 1. The zero-order valence-electron chi connectivity index (χ0n) is 18.0. The van der Waals surface area contributed by atoms with Crippen LogP contribution in [0, 0.1) is 6.92 Å². The van der Waals surface area contributed by atoms with E-state index in [0.29, 0.717) is 0 Å². The summed E-state index contributed by atoms with van der Waals surface area (Å²) in [5.74, 6) is 1.07. The molecule has 7 heteroatoms. The highest BCUT2D eigenvalue weighted by atomic mass is 32.2. The van der Waals surface area contributed by atoms with Gasteiger partial charge >= 0.3 is 10.1 Å². The Morgan fingerprint density at radius 1 is 0.968 bits per heavy atom. The van der Waals surface area contributed by atoms with Gasteiger partial charge in [-0.15, -0.1) is 0 Å². The molecule has 2 heterocycles. The van der Waals surface area contributed by atoms with Gasteiger partial charge in [0.25, 0.3) is 0 Å². The summed E-state index contributed by atoms with van der Waals surface area (Å²) in [7, 11) is -3.92. The van der Waals surface area contributed by atoms with Crippen molar-refractivity contribution in [3.05, 3.63) is 78.5 Å². The average molecular weight is 436 g/mol. The molecule has 0 spiro atoms. The molecule has 0 aliphatic rings. The summed E-state index contributed by atoms with van der Waals surface area (Å²) in [4.78, 5) is 4.93. The van der Waals surface area contributed by atoms with E-state index in [1.807, 2.05) is 35.7 Å². The Labute approximate surface area is 182 Å². The van der Waals surface area contributed by atoms with E-state index in [0.717, 1.165) is 28.3 Å². The molecule has 31 heavy (non-hydrogen) atoms. The van der Waals surface area contributed by atoms with Crippen LogP contribution in [0.2, 0.25) is 0 Å². The van der Waals surface area contributed by atoms with Gasteiger partial charge in [-0.05, 0) is 69.7 Å². The third-order valence-corrected chi connectivity index (χ3v) is 5.88. The first-order chi connectivity index (χ1) is 14.6. The van der Waals surface area contributed by atoms with E-state index >= 15 is 0 Å². The number of anilines is 1. The van der Waals surface area contributed by atoms with Crippen LogP contribution in [0.1, 0.15) is 26.3 Å². The number of hydrogen-bond acceptors (Lipinski definition) is 5. The Morgan fingerprint density at radius 3 is 2.42 bits per heavy atom. The minimum atomic E-state index is -3.92. The molecule has 0 bridgehead atoms. The predicted molar refractivity (Wildman–Crippen MR) is 123 cm³/mol. The van der Waals surface area contributed by atoms with E-state index in [2.05, 4.69) is 26.1 Å². The van der Waals surface area contributed by atoms with Crippen LogP contribution in [-0.2, 0) is 10.1 Å². The van der Waals surface area contributed by atoms with Gasteiger partial charge in [0.05, 0.1) is 0 Å². The third kappa shape index (κ3) is 4.56. The summed E-state index contributed by atoms with van der Waals surface area (Å²) in [5, 5.41) is 3.53. The summed E-state index contributed by atoms with van der Waals surface area (Å²) in [6.07, 6.45) is 1.98. The lowest BCUT2D eigenvalue weighted by atomic mass is 10.1.